The van der Waals surface area contributed by atoms with Crippen molar-refractivity contribution in [2.75, 3.05) is 12.4 Å². The quantitative estimate of drug-likeness (QED) is 0.366. The highest BCUT2D eigenvalue weighted by molar-refractivity contribution is 5.82. The first-order valence-electron chi connectivity index (χ1n) is 10.5. The maximum atomic E-state index is 10.7. The van der Waals surface area contributed by atoms with Crippen LogP contribution in [0.2, 0.25) is 0 Å². The average molecular weight is 452 g/mol. The number of aliphatic hydroxyl groups excluding tert-OH is 2. The van der Waals surface area contributed by atoms with E-state index in [4.69, 9.17) is 9.47 Å². The predicted octanol–water partition coefficient (Wildman–Crippen LogP) is 0.666. The summed E-state index contributed by atoms with van der Waals surface area (Å²) in [6.07, 6.45) is 0.900. The largest absolute Gasteiger partial charge is 0.497 e. The van der Waals surface area contributed by atoms with E-state index >= 15 is 0 Å². The van der Waals surface area contributed by atoms with Gasteiger partial charge in [0, 0.05) is 12.7 Å². The van der Waals surface area contributed by atoms with Crippen LogP contribution in [0.1, 0.15) is 17.5 Å². The second-order valence-corrected chi connectivity index (χ2v) is 7.88. The first kappa shape index (κ1) is 21.2. The van der Waals surface area contributed by atoms with E-state index in [0.717, 1.165) is 17.0 Å². The minimum absolute atomic E-state index is 0.256. The molecule has 3 N–H and O–H groups in total. The molecule has 33 heavy (non-hydrogen) atoms. The summed E-state index contributed by atoms with van der Waals surface area (Å²) in [5.41, 5.74) is 2.82. The predicted molar refractivity (Wildman–Crippen MR) is 116 cm³/mol. The lowest BCUT2D eigenvalue weighted by Crippen LogP contribution is -2.33. The van der Waals surface area contributed by atoms with E-state index in [-0.39, 0.29) is 6.54 Å². The Morgan fingerprint density at radius 3 is 2.67 bits per heavy atom. The van der Waals surface area contributed by atoms with Crippen molar-refractivity contribution >= 4 is 17.0 Å². The van der Waals surface area contributed by atoms with E-state index < -0.39 is 24.5 Å². The van der Waals surface area contributed by atoms with Crippen molar-refractivity contribution in [3.05, 3.63) is 54.4 Å². The van der Waals surface area contributed by atoms with Gasteiger partial charge < -0.3 is 25.0 Å². The van der Waals surface area contributed by atoms with Crippen LogP contribution in [-0.4, -0.2) is 70.1 Å². The van der Waals surface area contributed by atoms with Crippen LogP contribution in [0.3, 0.4) is 0 Å². The molecule has 0 radical (unpaired) electrons. The summed E-state index contributed by atoms with van der Waals surface area (Å²) in [5.74, 6) is 1.34. The van der Waals surface area contributed by atoms with Gasteiger partial charge in [0.2, 0.25) is 0 Å². The number of hydrogen-bond donors (Lipinski definition) is 3. The van der Waals surface area contributed by atoms with Crippen LogP contribution in [0, 0.1) is 6.92 Å². The van der Waals surface area contributed by atoms with Crippen molar-refractivity contribution in [3.63, 3.8) is 0 Å². The summed E-state index contributed by atoms with van der Waals surface area (Å²) in [6.45, 7) is 2.61. The Kier molecular flexibility index (Phi) is 5.62. The normalized spacial score (nSPS) is 22.7. The van der Waals surface area contributed by atoms with E-state index in [0.29, 0.717) is 23.5 Å². The van der Waals surface area contributed by atoms with Crippen molar-refractivity contribution in [1.29, 1.82) is 0 Å². The molecule has 172 valence electrons. The number of ether oxygens (including phenoxy) is 2. The minimum atomic E-state index is -1.16. The molecule has 3 aromatic heterocycles. The molecule has 0 spiro atoms. The molecule has 1 unspecified atom stereocenters. The first-order valence-corrected chi connectivity index (χ1v) is 10.5. The van der Waals surface area contributed by atoms with E-state index in [1.54, 1.807) is 22.6 Å². The highest BCUT2D eigenvalue weighted by Gasteiger charge is 2.44. The van der Waals surface area contributed by atoms with Gasteiger partial charge in [-0.2, -0.15) is 0 Å². The number of aromatic nitrogens is 7. The number of aliphatic hydroxyl groups is 2. The van der Waals surface area contributed by atoms with E-state index in [9.17, 15) is 10.2 Å². The Labute approximate surface area is 188 Å². The number of nitrogens with zero attached hydrogens (tertiary/aromatic N) is 7. The molecule has 4 atom stereocenters. The Morgan fingerprint density at radius 2 is 1.94 bits per heavy atom. The van der Waals surface area contributed by atoms with Gasteiger partial charge in [0.05, 0.1) is 25.7 Å². The van der Waals surface area contributed by atoms with Gasteiger partial charge in [-0.15, -0.1) is 5.10 Å². The second kappa shape index (κ2) is 8.73. The van der Waals surface area contributed by atoms with Crippen molar-refractivity contribution in [2.24, 2.45) is 0 Å². The van der Waals surface area contributed by atoms with Crippen LogP contribution in [0.15, 0.2) is 43.1 Å². The first-order chi connectivity index (χ1) is 16.0. The van der Waals surface area contributed by atoms with Gasteiger partial charge in [0.25, 0.3) is 0 Å². The van der Waals surface area contributed by atoms with Crippen LogP contribution in [0.25, 0.3) is 11.2 Å². The lowest BCUT2D eigenvalue weighted by atomic mass is 10.1. The second-order valence-electron chi connectivity index (χ2n) is 7.88. The van der Waals surface area contributed by atoms with Crippen LogP contribution in [0.4, 0.5) is 5.82 Å². The summed E-state index contributed by atoms with van der Waals surface area (Å²) in [5, 5.41) is 32.4. The standard InChI is InChI=1S/C21H24N8O4/c1-12-8-28(27-26-12)9-15-17(30)18(31)21(33-15)29-11-25-16-19(23-10-24-20(16)29)22-7-13-3-5-14(32-2)6-4-13/h3-6,8,10-11,15,17-18,21,30-31H,7,9H2,1-2H3,(H,22,23,24)/t15-,17+,18?,21-/m1/s1. The molecule has 4 heterocycles. The van der Waals surface area contributed by atoms with Crippen LogP contribution in [0.5, 0.6) is 5.75 Å². The van der Waals surface area contributed by atoms with Gasteiger partial charge in [-0.05, 0) is 24.6 Å². The summed E-state index contributed by atoms with van der Waals surface area (Å²) in [7, 11) is 1.63. The zero-order valence-corrected chi connectivity index (χ0v) is 18.1. The van der Waals surface area contributed by atoms with Crippen molar-refractivity contribution in [3.8, 4) is 5.75 Å². The van der Waals surface area contributed by atoms with Gasteiger partial charge >= 0.3 is 0 Å². The average Bonchev–Trinajstić information content (AvgIpc) is 3.52. The monoisotopic (exact) mass is 452 g/mol. The number of benzene rings is 1. The van der Waals surface area contributed by atoms with Crippen molar-refractivity contribution < 1.29 is 19.7 Å². The number of fused-ring (bicyclic) bond motifs is 1. The van der Waals surface area contributed by atoms with Gasteiger partial charge in [-0.3, -0.25) is 4.57 Å². The summed E-state index contributed by atoms with van der Waals surface area (Å²) < 4.78 is 14.4. The molecule has 0 aliphatic carbocycles. The molecule has 0 saturated carbocycles. The molecular formula is C21H24N8O4. The Morgan fingerprint density at radius 1 is 1.12 bits per heavy atom. The molecule has 0 amide bonds. The molecule has 4 aromatic rings. The molecule has 5 rings (SSSR count). The maximum absolute atomic E-state index is 10.7. The third-order valence-corrected chi connectivity index (χ3v) is 5.61. The number of nitrogens with one attached hydrogen (secondary N) is 1. The molecular weight excluding hydrogens is 428 g/mol. The summed E-state index contributed by atoms with van der Waals surface area (Å²) in [6, 6.07) is 7.71. The van der Waals surface area contributed by atoms with Crippen LogP contribution >= 0.6 is 0 Å². The number of aryl methyl sites for hydroxylation is 1. The molecule has 1 aromatic carbocycles. The van der Waals surface area contributed by atoms with E-state index in [2.05, 4.69) is 30.6 Å². The number of hydrogen-bond acceptors (Lipinski definition) is 10. The SMILES string of the molecule is COc1ccc(CNc2ncnc3c2ncn3[C@@H]2O[C@H](Cn3cc(C)nn3)[C@H](O)C2O)cc1. The molecule has 1 aliphatic rings. The molecule has 1 aliphatic heterocycles. The number of anilines is 1. The zero-order chi connectivity index (χ0) is 22.9. The molecule has 1 saturated heterocycles. The fraction of sp³-hybridized carbons (Fsp3) is 0.381. The Balaban J connectivity index is 1.34. The zero-order valence-electron chi connectivity index (χ0n) is 18.1. The highest BCUT2D eigenvalue weighted by Crippen LogP contribution is 2.33. The summed E-state index contributed by atoms with van der Waals surface area (Å²) in [4.78, 5) is 13.1. The van der Waals surface area contributed by atoms with E-state index in [1.807, 2.05) is 31.2 Å². The van der Waals surface area contributed by atoms with E-state index in [1.165, 1.54) is 12.7 Å². The van der Waals surface area contributed by atoms with Crippen LogP contribution in [-0.2, 0) is 17.8 Å². The molecule has 12 heteroatoms. The lowest BCUT2D eigenvalue weighted by molar-refractivity contribution is -0.0403. The van der Waals surface area contributed by atoms with Crippen molar-refractivity contribution in [1.82, 2.24) is 34.5 Å². The number of imidazole rings is 1. The Hall–Kier alpha value is -3.61. The number of rotatable bonds is 7. The molecule has 1 fully saturated rings. The van der Waals surface area contributed by atoms with Crippen LogP contribution < -0.4 is 10.1 Å². The molecule has 12 nitrogen and oxygen atoms in total. The third kappa shape index (κ3) is 4.11. The fourth-order valence-corrected chi connectivity index (χ4v) is 3.88. The maximum Gasteiger partial charge on any atom is 0.167 e. The minimum Gasteiger partial charge on any atom is -0.497 e. The smallest absolute Gasteiger partial charge is 0.167 e. The van der Waals surface area contributed by atoms with Gasteiger partial charge in [-0.1, -0.05) is 17.3 Å². The topological polar surface area (TPSA) is 145 Å². The lowest BCUT2D eigenvalue weighted by Gasteiger charge is -2.16. The highest BCUT2D eigenvalue weighted by atomic mass is 16.6. The fourth-order valence-electron chi connectivity index (χ4n) is 3.88. The summed E-state index contributed by atoms with van der Waals surface area (Å²) >= 11 is 0. The molecule has 0 bridgehead atoms. The third-order valence-electron chi connectivity index (χ3n) is 5.61. The van der Waals surface area contributed by atoms with Gasteiger partial charge in [0.1, 0.15) is 30.4 Å². The van der Waals surface area contributed by atoms with Gasteiger partial charge in [0.15, 0.2) is 23.2 Å². The Bertz CT molecular complexity index is 1240. The van der Waals surface area contributed by atoms with Crippen molar-refractivity contribution in [2.45, 2.75) is 44.6 Å². The van der Waals surface area contributed by atoms with Gasteiger partial charge in [-0.25, -0.2) is 19.6 Å². The number of methoxy groups -OCH3 is 1.